The van der Waals surface area contributed by atoms with E-state index in [2.05, 4.69) is 10.6 Å². The predicted molar refractivity (Wildman–Crippen MR) is 111 cm³/mol. The van der Waals surface area contributed by atoms with Crippen LogP contribution in [0.2, 0.25) is 0 Å². The van der Waals surface area contributed by atoms with Crippen LogP contribution in [0.25, 0.3) is 0 Å². The highest BCUT2D eigenvalue weighted by atomic mass is 16.5. The summed E-state index contributed by atoms with van der Waals surface area (Å²) in [5.41, 5.74) is 1.72. The molecule has 4 bridgehead atoms. The molecular weight excluding hydrogens is 368 g/mol. The molecule has 6 nitrogen and oxygen atoms in total. The van der Waals surface area contributed by atoms with Gasteiger partial charge < -0.3 is 20.1 Å². The molecule has 4 fully saturated rings. The van der Waals surface area contributed by atoms with E-state index >= 15 is 0 Å². The molecule has 158 valence electrons. The summed E-state index contributed by atoms with van der Waals surface area (Å²) in [4.78, 5) is 25.0. The van der Waals surface area contributed by atoms with Crippen LogP contribution in [-0.2, 0) is 9.59 Å². The van der Waals surface area contributed by atoms with Gasteiger partial charge in [0.1, 0.15) is 0 Å². The van der Waals surface area contributed by atoms with Crippen molar-refractivity contribution in [3.63, 3.8) is 0 Å². The second-order valence-corrected chi connectivity index (χ2v) is 9.44. The Labute approximate surface area is 172 Å². The van der Waals surface area contributed by atoms with E-state index in [0.29, 0.717) is 23.6 Å². The van der Waals surface area contributed by atoms with Gasteiger partial charge in [-0.2, -0.15) is 0 Å². The first kappa shape index (κ1) is 20.0. The summed E-state index contributed by atoms with van der Waals surface area (Å²) >= 11 is 0. The molecule has 0 aliphatic heterocycles. The number of hydrogen-bond donors (Lipinski definition) is 2. The Morgan fingerprint density at radius 3 is 2.07 bits per heavy atom. The Hall–Kier alpha value is -2.24. The number of methoxy groups -OCH3 is 2. The maximum absolute atomic E-state index is 12.6. The molecular formula is C23H32N2O4. The minimum absolute atomic E-state index is 0.00568. The van der Waals surface area contributed by atoms with Crippen LogP contribution in [0.5, 0.6) is 11.5 Å². The molecule has 4 saturated carbocycles. The van der Waals surface area contributed by atoms with Gasteiger partial charge >= 0.3 is 0 Å². The number of carbonyl (C=O) groups is 2. The van der Waals surface area contributed by atoms with Crippen molar-refractivity contribution in [2.75, 3.05) is 26.1 Å². The van der Waals surface area contributed by atoms with Crippen molar-refractivity contribution < 1.29 is 19.1 Å². The van der Waals surface area contributed by atoms with E-state index in [1.54, 1.807) is 20.3 Å². The molecule has 1 aromatic rings. The Kier molecular flexibility index (Phi) is 5.45. The number of hydrogen-bond acceptors (Lipinski definition) is 4. The summed E-state index contributed by atoms with van der Waals surface area (Å²) in [5.74, 6) is 3.41. The Bertz CT molecular complexity index is 769. The van der Waals surface area contributed by atoms with Gasteiger partial charge in [-0.05, 0) is 80.2 Å². The monoisotopic (exact) mass is 400 g/mol. The summed E-state index contributed by atoms with van der Waals surface area (Å²) in [6, 6.07) is 3.56. The molecule has 0 spiro atoms. The molecule has 5 rings (SSSR count). The van der Waals surface area contributed by atoms with Crippen LogP contribution < -0.4 is 20.1 Å². The molecule has 0 radical (unpaired) electrons. The van der Waals surface area contributed by atoms with Crippen molar-refractivity contribution in [3.8, 4) is 11.5 Å². The first-order valence-corrected chi connectivity index (χ1v) is 10.7. The van der Waals surface area contributed by atoms with Gasteiger partial charge in [-0.3, -0.25) is 9.59 Å². The summed E-state index contributed by atoms with van der Waals surface area (Å²) in [6.07, 6.45) is 8.27. The fourth-order valence-corrected chi connectivity index (χ4v) is 6.40. The van der Waals surface area contributed by atoms with Crippen LogP contribution in [0.15, 0.2) is 12.1 Å². The number of rotatable bonds is 7. The van der Waals surface area contributed by atoms with Gasteiger partial charge in [0.15, 0.2) is 11.5 Å². The average Bonchev–Trinajstić information content (AvgIpc) is 2.66. The van der Waals surface area contributed by atoms with Crippen LogP contribution in [0, 0.1) is 30.1 Å². The molecule has 1 aromatic carbocycles. The highest BCUT2D eigenvalue weighted by Gasteiger charge is 2.51. The lowest BCUT2D eigenvalue weighted by Crippen LogP contribution is -2.48. The number of amides is 2. The number of ether oxygens (including phenoxy) is 2. The molecule has 0 unspecified atom stereocenters. The van der Waals surface area contributed by atoms with Gasteiger partial charge in [0.05, 0.1) is 20.8 Å². The number of aryl methyl sites for hydroxylation is 1. The van der Waals surface area contributed by atoms with E-state index in [1.165, 1.54) is 38.5 Å². The highest BCUT2D eigenvalue weighted by Crippen LogP contribution is 2.61. The predicted octanol–water partition coefficient (Wildman–Crippen LogP) is 3.67. The van der Waals surface area contributed by atoms with Crippen molar-refractivity contribution >= 4 is 17.5 Å². The van der Waals surface area contributed by atoms with Gasteiger partial charge in [-0.1, -0.05) is 0 Å². The number of benzene rings is 1. The molecule has 6 heteroatoms. The molecule has 4 aliphatic carbocycles. The number of anilines is 1. The highest BCUT2D eigenvalue weighted by molar-refractivity contribution is 5.95. The van der Waals surface area contributed by atoms with E-state index < -0.39 is 0 Å². The van der Waals surface area contributed by atoms with E-state index in [-0.39, 0.29) is 23.8 Å². The molecule has 29 heavy (non-hydrogen) atoms. The average molecular weight is 401 g/mol. The van der Waals surface area contributed by atoms with E-state index in [1.807, 2.05) is 13.0 Å². The smallest absolute Gasteiger partial charge is 0.243 e. The quantitative estimate of drug-likeness (QED) is 0.732. The fraction of sp³-hybridized carbons (Fsp3) is 0.652. The molecule has 0 heterocycles. The fourth-order valence-electron chi connectivity index (χ4n) is 6.40. The molecule has 0 atom stereocenters. The molecule has 2 amide bonds. The van der Waals surface area contributed by atoms with Crippen LogP contribution in [0.3, 0.4) is 0 Å². The van der Waals surface area contributed by atoms with Crippen LogP contribution in [0.4, 0.5) is 5.69 Å². The topological polar surface area (TPSA) is 76.7 Å². The first-order chi connectivity index (χ1) is 13.9. The van der Waals surface area contributed by atoms with E-state index in [4.69, 9.17) is 9.47 Å². The third-order valence-electron chi connectivity index (χ3n) is 7.15. The normalized spacial score (nSPS) is 29.4. The van der Waals surface area contributed by atoms with Crippen LogP contribution >= 0.6 is 0 Å². The SMILES string of the molecule is COc1cc(C)c(NC(=O)CNC(=O)CC23CC4CC(CC(C4)C2)C3)cc1OC. The third kappa shape index (κ3) is 4.21. The molecule has 2 N–H and O–H groups in total. The Morgan fingerprint density at radius 1 is 0.966 bits per heavy atom. The van der Waals surface area contributed by atoms with Gasteiger partial charge in [-0.15, -0.1) is 0 Å². The largest absolute Gasteiger partial charge is 0.493 e. The van der Waals surface area contributed by atoms with Gasteiger partial charge in [-0.25, -0.2) is 0 Å². The van der Waals surface area contributed by atoms with E-state index in [9.17, 15) is 9.59 Å². The van der Waals surface area contributed by atoms with Crippen molar-refractivity contribution in [2.45, 2.75) is 51.9 Å². The lowest BCUT2D eigenvalue weighted by Gasteiger charge is -2.56. The first-order valence-electron chi connectivity index (χ1n) is 10.7. The molecule has 4 aliphatic rings. The second-order valence-electron chi connectivity index (χ2n) is 9.44. The molecule has 0 aromatic heterocycles. The number of nitrogens with one attached hydrogen (secondary N) is 2. The van der Waals surface area contributed by atoms with Gasteiger partial charge in [0.25, 0.3) is 0 Å². The zero-order chi connectivity index (χ0) is 20.6. The van der Waals surface area contributed by atoms with Crippen LogP contribution in [0.1, 0.15) is 50.5 Å². The zero-order valence-electron chi connectivity index (χ0n) is 17.7. The zero-order valence-corrected chi connectivity index (χ0v) is 17.7. The van der Waals surface area contributed by atoms with Crippen molar-refractivity contribution in [2.24, 2.45) is 23.2 Å². The van der Waals surface area contributed by atoms with Crippen molar-refractivity contribution in [1.82, 2.24) is 5.32 Å². The standard InChI is InChI=1S/C23H32N2O4/c1-14-4-19(28-2)20(29-3)8-18(14)25-22(27)13-24-21(26)12-23-9-15-5-16(10-23)7-17(6-15)11-23/h4,8,15-17H,5-7,9-13H2,1-3H3,(H,24,26)(H,25,27). The lowest BCUT2D eigenvalue weighted by atomic mass is 9.49. The van der Waals surface area contributed by atoms with E-state index in [0.717, 1.165) is 23.3 Å². The van der Waals surface area contributed by atoms with Gasteiger partial charge in [0.2, 0.25) is 11.8 Å². The van der Waals surface area contributed by atoms with Crippen molar-refractivity contribution in [1.29, 1.82) is 0 Å². The minimum atomic E-state index is -0.237. The summed E-state index contributed by atoms with van der Waals surface area (Å²) in [6.45, 7) is 1.88. The van der Waals surface area contributed by atoms with Crippen LogP contribution in [-0.4, -0.2) is 32.6 Å². The lowest BCUT2D eigenvalue weighted by molar-refractivity contribution is -0.131. The summed E-state index contributed by atoms with van der Waals surface area (Å²) in [5, 5.41) is 5.70. The van der Waals surface area contributed by atoms with Crippen molar-refractivity contribution in [3.05, 3.63) is 17.7 Å². The Balaban J connectivity index is 1.30. The van der Waals surface area contributed by atoms with Gasteiger partial charge in [0, 0.05) is 18.2 Å². The summed E-state index contributed by atoms with van der Waals surface area (Å²) in [7, 11) is 3.14. The maximum atomic E-state index is 12.6. The molecule has 0 saturated heterocycles. The maximum Gasteiger partial charge on any atom is 0.243 e. The summed E-state index contributed by atoms with van der Waals surface area (Å²) < 4.78 is 10.6. The number of carbonyl (C=O) groups excluding carboxylic acids is 2. The third-order valence-corrected chi connectivity index (χ3v) is 7.15. The second kappa shape index (κ2) is 7.88. The minimum Gasteiger partial charge on any atom is -0.493 e. The Morgan fingerprint density at radius 2 is 1.52 bits per heavy atom.